The molecule has 4 nitrogen and oxygen atoms in total. The Kier molecular flexibility index (Phi) is 3.21. The van der Waals surface area contributed by atoms with Crippen molar-refractivity contribution in [3.63, 3.8) is 0 Å². The average molecular weight is 273 g/mol. The second-order valence-corrected chi connectivity index (χ2v) is 5.67. The van der Waals surface area contributed by atoms with Crippen LogP contribution in [0.4, 0.5) is 10.8 Å². The third-order valence-corrected chi connectivity index (χ3v) is 4.29. The summed E-state index contributed by atoms with van der Waals surface area (Å²) in [5, 5.41) is 14.8. The number of aromatic nitrogens is 1. The van der Waals surface area contributed by atoms with E-state index >= 15 is 0 Å². The van der Waals surface area contributed by atoms with E-state index in [0.29, 0.717) is 0 Å². The van der Waals surface area contributed by atoms with Gasteiger partial charge >= 0.3 is 0 Å². The molecule has 0 amide bonds. The molecule has 5 heteroatoms. The molecule has 1 aromatic heterocycles. The predicted octanol–water partition coefficient (Wildman–Crippen LogP) is 2.13. The Hall–Kier alpha value is -1.88. The minimum Gasteiger partial charge on any atom is -0.545 e. The first kappa shape index (κ1) is 12.2. The molecular formula is C14H13N2O2S-. The van der Waals surface area contributed by atoms with Gasteiger partial charge in [-0.3, -0.25) is 0 Å². The molecule has 3 rings (SSSR count). The number of hydrogen-bond donors (Lipinski definition) is 1. The lowest BCUT2D eigenvalue weighted by molar-refractivity contribution is -0.255. The number of thiazole rings is 1. The molecule has 0 radical (unpaired) electrons. The Labute approximate surface area is 115 Å². The van der Waals surface area contributed by atoms with Crippen LogP contribution in [-0.4, -0.2) is 11.0 Å². The zero-order chi connectivity index (χ0) is 13.2. The summed E-state index contributed by atoms with van der Waals surface area (Å²) in [6.45, 7) is 0. The summed E-state index contributed by atoms with van der Waals surface area (Å²) in [6, 6.07) is 6.52. The second-order valence-electron chi connectivity index (χ2n) is 4.59. The topological polar surface area (TPSA) is 65.0 Å². The zero-order valence-electron chi connectivity index (χ0n) is 10.3. The molecule has 1 aliphatic rings. The lowest BCUT2D eigenvalue weighted by Gasteiger charge is -2.06. The molecule has 0 aliphatic heterocycles. The Balaban J connectivity index is 1.77. The first-order valence-corrected chi connectivity index (χ1v) is 7.11. The summed E-state index contributed by atoms with van der Waals surface area (Å²) >= 11 is 1.69. The van der Waals surface area contributed by atoms with Crippen LogP contribution >= 0.6 is 11.3 Å². The van der Waals surface area contributed by atoms with Crippen LogP contribution in [-0.2, 0) is 12.8 Å². The molecule has 0 spiro atoms. The number of rotatable bonds is 3. The minimum absolute atomic E-state index is 0.184. The van der Waals surface area contributed by atoms with E-state index in [4.69, 9.17) is 0 Å². The van der Waals surface area contributed by atoms with E-state index < -0.39 is 5.97 Å². The molecule has 0 saturated carbocycles. The molecule has 0 unspecified atom stereocenters. The maximum absolute atomic E-state index is 10.7. The molecule has 0 saturated heterocycles. The number of anilines is 2. The molecule has 1 N–H and O–H groups in total. The molecule has 0 atom stereocenters. The summed E-state index contributed by atoms with van der Waals surface area (Å²) in [6.07, 6.45) is 4.65. The number of carbonyl (C=O) groups is 1. The van der Waals surface area contributed by atoms with Crippen LogP contribution in [0.15, 0.2) is 24.3 Å². The van der Waals surface area contributed by atoms with Crippen molar-refractivity contribution in [3.05, 3.63) is 40.4 Å². The third kappa shape index (κ3) is 2.61. The van der Waals surface area contributed by atoms with E-state index in [2.05, 4.69) is 10.3 Å². The van der Waals surface area contributed by atoms with Crippen LogP contribution in [0.1, 0.15) is 33.8 Å². The summed E-state index contributed by atoms with van der Waals surface area (Å²) < 4.78 is 0. The van der Waals surface area contributed by atoms with Gasteiger partial charge in [0.25, 0.3) is 0 Å². The number of nitrogens with one attached hydrogen (secondary N) is 1. The van der Waals surface area contributed by atoms with Crippen LogP contribution in [0.3, 0.4) is 0 Å². The Morgan fingerprint density at radius 2 is 1.95 bits per heavy atom. The van der Waals surface area contributed by atoms with Gasteiger partial charge in [0.05, 0.1) is 11.7 Å². The van der Waals surface area contributed by atoms with Crippen molar-refractivity contribution in [2.45, 2.75) is 25.7 Å². The van der Waals surface area contributed by atoms with E-state index in [1.165, 1.54) is 35.5 Å². The van der Waals surface area contributed by atoms with Crippen LogP contribution in [0.2, 0.25) is 0 Å². The van der Waals surface area contributed by atoms with Gasteiger partial charge in [0.1, 0.15) is 0 Å². The fourth-order valence-electron chi connectivity index (χ4n) is 2.22. The van der Waals surface area contributed by atoms with Gasteiger partial charge in [-0.1, -0.05) is 12.1 Å². The molecular weight excluding hydrogens is 260 g/mol. The van der Waals surface area contributed by atoms with Crippen LogP contribution in [0, 0.1) is 0 Å². The van der Waals surface area contributed by atoms with Gasteiger partial charge in [0.15, 0.2) is 5.13 Å². The van der Waals surface area contributed by atoms with Crippen molar-refractivity contribution < 1.29 is 9.90 Å². The molecule has 1 aromatic carbocycles. The highest BCUT2D eigenvalue weighted by Gasteiger charge is 2.14. The van der Waals surface area contributed by atoms with Gasteiger partial charge < -0.3 is 15.2 Å². The predicted molar refractivity (Wildman–Crippen MR) is 72.8 cm³/mol. The fourth-order valence-corrected chi connectivity index (χ4v) is 3.29. The number of aromatic carboxylic acids is 1. The van der Waals surface area contributed by atoms with Crippen LogP contribution in [0.25, 0.3) is 0 Å². The first-order chi connectivity index (χ1) is 9.22. The first-order valence-electron chi connectivity index (χ1n) is 6.29. The maximum Gasteiger partial charge on any atom is 0.187 e. The van der Waals surface area contributed by atoms with Crippen molar-refractivity contribution in [3.8, 4) is 0 Å². The average Bonchev–Trinajstić information content (AvgIpc) is 2.81. The molecule has 0 bridgehead atoms. The molecule has 2 aromatic rings. The van der Waals surface area contributed by atoms with Gasteiger partial charge in [0, 0.05) is 10.6 Å². The Morgan fingerprint density at radius 3 is 2.63 bits per heavy atom. The van der Waals surface area contributed by atoms with E-state index in [9.17, 15) is 9.90 Å². The highest BCUT2D eigenvalue weighted by atomic mass is 32.1. The standard InChI is InChI=1S/C14H14N2O2S/c17-13(18)9-5-7-10(8-6-9)15-14-16-11-3-1-2-4-12(11)19-14/h5-8H,1-4H2,(H,15,16)(H,17,18)/p-1. The summed E-state index contributed by atoms with van der Waals surface area (Å²) in [5.41, 5.74) is 2.24. The monoisotopic (exact) mass is 273 g/mol. The van der Waals surface area contributed by atoms with Crippen molar-refractivity contribution in [1.82, 2.24) is 4.98 Å². The van der Waals surface area contributed by atoms with Gasteiger partial charge in [-0.2, -0.15) is 0 Å². The number of carboxylic acid groups (broad SMARTS) is 1. The van der Waals surface area contributed by atoms with E-state index in [1.807, 2.05) is 0 Å². The number of aryl methyl sites for hydroxylation is 2. The lowest BCUT2D eigenvalue weighted by atomic mass is 10.0. The second kappa shape index (κ2) is 5.01. The minimum atomic E-state index is -1.16. The van der Waals surface area contributed by atoms with Gasteiger partial charge in [0.2, 0.25) is 0 Å². The highest BCUT2D eigenvalue weighted by molar-refractivity contribution is 7.15. The van der Waals surface area contributed by atoms with E-state index in [0.717, 1.165) is 23.7 Å². The number of carboxylic acids is 1. The van der Waals surface area contributed by atoms with Gasteiger partial charge in [-0.25, -0.2) is 4.98 Å². The zero-order valence-corrected chi connectivity index (χ0v) is 11.1. The molecule has 1 aliphatic carbocycles. The molecule has 98 valence electrons. The summed E-state index contributed by atoms with van der Waals surface area (Å²) in [5.74, 6) is -1.16. The van der Waals surface area contributed by atoms with Crippen molar-refractivity contribution >= 4 is 28.1 Å². The van der Waals surface area contributed by atoms with E-state index in [1.54, 1.807) is 23.5 Å². The molecule has 1 heterocycles. The number of nitrogens with zero attached hydrogens (tertiary/aromatic N) is 1. The maximum atomic E-state index is 10.7. The lowest BCUT2D eigenvalue weighted by Crippen LogP contribution is -2.21. The van der Waals surface area contributed by atoms with Crippen molar-refractivity contribution in [2.24, 2.45) is 0 Å². The number of benzene rings is 1. The fraction of sp³-hybridized carbons (Fsp3) is 0.286. The summed E-state index contributed by atoms with van der Waals surface area (Å²) in [7, 11) is 0. The number of carbonyl (C=O) groups excluding carboxylic acids is 1. The van der Waals surface area contributed by atoms with Crippen molar-refractivity contribution in [2.75, 3.05) is 5.32 Å². The van der Waals surface area contributed by atoms with E-state index in [-0.39, 0.29) is 5.56 Å². The Morgan fingerprint density at radius 1 is 1.21 bits per heavy atom. The molecule has 0 fully saturated rings. The smallest absolute Gasteiger partial charge is 0.187 e. The number of fused-ring (bicyclic) bond motifs is 1. The normalized spacial score (nSPS) is 13.9. The Bertz CT molecular complexity index is 581. The van der Waals surface area contributed by atoms with Crippen LogP contribution in [0.5, 0.6) is 0 Å². The highest BCUT2D eigenvalue weighted by Crippen LogP contribution is 2.31. The van der Waals surface area contributed by atoms with Gasteiger partial charge in [-0.05, 0) is 43.4 Å². The third-order valence-electron chi connectivity index (χ3n) is 3.22. The SMILES string of the molecule is O=C([O-])c1ccc(Nc2nc3c(s2)CCCC3)cc1. The summed E-state index contributed by atoms with van der Waals surface area (Å²) in [4.78, 5) is 16.6. The largest absolute Gasteiger partial charge is 0.545 e. The number of hydrogen-bond acceptors (Lipinski definition) is 5. The quantitative estimate of drug-likeness (QED) is 0.930. The molecule has 19 heavy (non-hydrogen) atoms. The van der Waals surface area contributed by atoms with Gasteiger partial charge in [-0.15, -0.1) is 11.3 Å². The van der Waals surface area contributed by atoms with Crippen LogP contribution < -0.4 is 10.4 Å². The van der Waals surface area contributed by atoms with Crippen molar-refractivity contribution in [1.29, 1.82) is 0 Å².